The van der Waals surface area contributed by atoms with Gasteiger partial charge in [0.25, 0.3) is 10.2 Å². The van der Waals surface area contributed by atoms with Crippen molar-refractivity contribution < 1.29 is 17.9 Å². The van der Waals surface area contributed by atoms with Crippen LogP contribution in [0.5, 0.6) is 0 Å². The van der Waals surface area contributed by atoms with Crippen molar-refractivity contribution in [3.05, 3.63) is 0 Å². The van der Waals surface area contributed by atoms with Gasteiger partial charge < -0.3 is 15.2 Å². The Morgan fingerprint density at radius 3 is 2.55 bits per heavy atom. The number of nitrogens with two attached hydrogens (primary N) is 1. The number of rotatable bonds is 3. The molecule has 3 fully saturated rings. The van der Waals surface area contributed by atoms with E-state index in [4.69, 9.17) is 15.2 Å². The Morgan fingerprint density at radius 1 is 1.25 bits per heavy atom. The third kappa shape index (κ3) is 2.49. The van der Waals surface area contributed by atoms with E-state index in [1.807, 2.05) is 13.8 Å². The molecule has 6 atom stereocenters. The van der Waals surface area contributed by atoms with Crippen LogP contribution >= 0.6 is 0 Å². The van der Waals surface area contributed by atoms with Gasteiger partial charge in [0.2, 0.25) is 0 Å². The third-order valence-corrected chi connectivity index (χ3v) is 6.01. The minimum absolute atomic E-state index is 0.0596. The second kappa shape index (κ2) is 5.19. The Bertz CT molecular complexity index is 461. The van der Waals surface area contributed by atoms with Gasteiger partial charge in [-0.15, -0.1) is 0 Å². The lowest BCUT2D eigenvalue weighted by Crippen LogP contribution is -2.70. The smallest absolute Gasteiger partial charge is 0.280 e. The Hall–Kier alpha value is -0.250. The summed E-state index contributed by atoms with van der Waals surface area (Å²) < 4.78 is 40.2. The zero-order chi connectivity index (χ0) is 14.5. The Balaban J connectivity index is 1.66. The van der Waals surface area contributed by atoms with Gasteiger partial charge >= 0.3 is 0 Å². The summed E-state index contributed by atoms with van der Waals surface area (Å²) in [5, 5.41) is 0. The first-order valence-corrected chi connectivity index (χ1v) is 8.62. The summed E-state index contributed by atoms with van der Waals surface area (Å²) in [4.78, 5) is 0. The van der Waals surface area contributed by atoms with Crippen LogP contribution in [0.3, 0.4) is 0 Å². The van der Waals surface area contributed by atoms with E-state index >= 15 is 0 Å². The second-order valence-corrected chi connectivity index (χ2v) is 7.79. The highest BCUT2D eigenvalue weighted by Gasteiger charge is 2.54. The molecule has 3 N–H and O–H groups in total. The maximum Gasteiger partial charge on any atom is 0.280 e. The van der Waals surface area contributed by atoms with Crippen molar-refractivity contribution >= 4 is 10.2 Å². The third-order valence-electron chi connectivity index (χ3n) is 4.46. The van der Waals surface area contributed by atoms with E-state index in [0.717, 1.165) is 6.42 Å². The monoisotopic (exact) mass is 305 g/mol. The van der Waals surface area contributed by atoms with Crippen LogP contribution in [0, 0.1) is 5.92 Å². The van der Waals surface area contributed by atoms with Crippen LogP contribution in [0.25, 0.3) is 0 Å². The van der Waals surface area contributed by atoms with Gasteiger partial charge in [-0.2, -0.15) is 17.4 Å². The molecule has 1 aliphatic carbocycles. The summed E-state index contributed by atoms with van der Waals surface area (Å²) in [6, 6.07) is -0.450. The summed E-state index contributed by atoms with van der Waals surface area (Å²) in [6.07, 6.45) is 0.674. The zero-order valence-corrected chi connectivity index (χ0v) is 12.7. The first kappa shape index (κ1) is 14.7. The van der Waals surface area contributed by atoms with Gasteiger partial charge in [0, 0.05) is 31.7 Å². The van der Waals surface area contributed by atoms with Gasteiger partial charge in [-0.3, -0.25) is 0 Å². The molecule has 1 saturated carbocycles. The van der Waals surface area contributed by atoms with Crippen LogP contribution in [-0.2, 0) is 19.7 Å². The molecule has 8 heteroatoms. The largest absolute Gasteiger partial charge is 0.376 e. The van der Waals surface area contributed by atoms with Gasteiger partial charge in [0.05, 0.1) is 24.4 Å². The Morgan fingerprint density at radius 2 is 1.90 bits per heavy atom. The highest BCUT2D eigenvalue weighted by molar-refractivity contribution is 7.87. The fraction of sp³-hybridized carbons (Fsp3) is 1.00. The predicted octanol–water partition coefficient (Wildman–Crippen LogP) is -0.955. The van der Waals surface area contributed by atoms with E-state index in [0.29, 0.717) is 25.6 Å². The van der Waals surface area contributed by atoms with E-state index in [1.165, 1.54) is 4.31 Å². The molecule has 0 bridgehead atoms. The number of fused-ring (bicyclic) bond motifs is 1. The lowest BCUT2D eigenvalue weighted by Gasteiger charge is -2.46. The van der Waals surface area contributed by atoms with Crippen LogP contribution in [0.15, 0.2) is 0 Å². The molecular weight excluding hydrogens is 282 g/mol. The molecule has 3 rings (SSSR count). The quantitative estimate of drug-likeness (QED) is 0.701. The maximum absolute atomic E-state index is 12.5. The molecule has 0 aromatic rings. The minimum Gasteiger partial charge on any atom is -0.376 e. The molecule has 0 amide bonds. The molecule has 0 aromatic heterocycles. The molecule has 0 aromatic carbocycles. The molecule has 3 aliphatic rings. The van der Waals surface area contributed by atoms with E-state index in [9.17, 15) is 8.42 Å². The van der Waals surface area contributed by atoms with Crippen LogP contribution in [-0.4, -0.2) is 62.8 Å². The fourth-order valence-corrected chi connectivity index (χ4v) is 5.07. The van der Waals surface area contributed by atoms with Crippen molar-refractivity contribution in [2.75, 3.05) is 19.7 Å². The Labute approximate surface area is 120 Å². The summed E-state index contributed by atoms with van der Waals surface area (Å²) in [5.74, 6) is 0.297. The number of nitrogens with one attached hydrogen (secondary N) is 1. The first-order valence-electron chi connectivity index (χ1n) is 7.18. The zero-order valence-electron chi connectivity index (χ0n) is 11.9. The number of hydrogen-bond acceptors (Lipinski definition) is 5. The van der Waals surface area contributed by atoms with Crippen molar-refractivity contribution in [3.63, 3.8) is 0 Å². The average molecular weight is 305 g/mol. The normalized spacial score (nSPS) is 46.0. The van der Waals surface area contributed by atoms with Gasteiger partial charge in [-0.25, -0.2) is 0 Å². The molecule has 2 aliphatic heterocycles. The van der Waals surface area contributed by atoms with E-state index in [1.54, 1.807) is 0 Å². The van der Waals surface area contributed by atoms with Crippen LogP contribution in [0.2, 0.25) is 0 Å². The van der Waals surface area contributed by atoms with Gasteiger partial charge in [-0.05, 0) is 20.3 Å². The topological polar surface area (TPSA) is 93.9 Å². The molecule has 20 heavy (non-hydrogen) atoms. The van der Waals surface area contributed by atoms with Crippen LogP contribution in [0.1, 0.15) is 20.3 Å². The van der Waals surface area contributed by atoms with Crippen molar-refractivity contribution in [1.82, 2.24) is 9.03 Å². The molecule has 2 saturated heterocycles. The lowest BCUT2D eigenvalue weighted by atomic mass is 9.73. The number of ether oxygens (including phenoxy) is 2. The van der Waals surface area contributed by atoms with Crippen molar-refractivity contribution in [2.24, 2.45) is 11.7 Å². The fourth-order valence-electron chi connectivity index (χ4n) is 3.47. The van der Waals surface area contributed by atoms with E-state index in [-0.39, 0.29) is 30.4 Å². The van der Waals surface area contributed by atoms with E-state index in [2.05, 4.69) is 4.72 Å². The number of nitrogens with zero attached hydrogens (tertiary/aromatic N) is 1. The lowest BCUT2D eigenvalue weighted by molar-refractivity contribution is -0.0457. The summed E-state index contributed by atoms with van der Waals surface area (Å²) in [6.45, 7) is 5.17. The molecule has 0 spiro atoms. The highest BCUT2D eigenvalue weighted by atomic mass is 32.2. The predicted molar refractivity (Wildman–Crippen MR) is 73.2 cm³/mol. The second-order valence-electron chi connectivity index (χ2n) is 6.09. The van der Waals surface area contributed by atoms with Crippen molar-refractivity contribution in [2.45, 2.75) is 50.7 Å². The van der Waals surface area contributed by atoms with Gasteiger partial charge in [0.15, 0.2) is 0 Å². The van der Waals surface area contributed by atoms with Crippen molar-refractivity contribution in [3.8, 4) is 0 Å². The van der Waals surface area contributed by atoms with Crippen LogP contribution < -0.4 is 10.5 Å². The van der Waals surface area contributed by atoms with Gasteiger partial charge in [0.1, 0.15) is 0 Å². The molecule has 7 nitrogen and oxygen atoms in total. The number of hydrogen-bond donors (Lipinski definition) is 2. The SMILES string of the molecule is CC1CN(S(=O)(=O)NC2C(N)C3CCOC32)CC(C)O1. The molecule has 2 heterocycles. The van der Waals surface area contributed by atoms with Crippen LogP contribution in [0.4, 0.5) is 0 Å². The molecular formula is C12H23N3O4S. The summed E-state index contributed by atoms with van der Waals surface area (Å²) in [5.41, 5.74) is 6.05. The van der Waals surface area contributed by atoms with Crippen molar-refractivity contribution in [1.29, 1.82) is 0 Å². The summed E-state index contributed by atoms with van der Waals surface area (Å²) in [7, 11) is -3.54. The first-order chi connectivity index (χ1) is 9.38. The Kier molecular flexibility index (Phi) is 3.81. The average Bonchev–Trinajstić information content (AvgIpc) is 2.79. The molecule has 116 valence electrons. The minimum atomic E-state index is -3.54. The highest BCUT2D eigenvalue weighted by Crippen LogP contribution is 2.38. The van der Waals surface area contributed by atoms with E-state index < -0.39 is 10.2 Å². The molecule has 6 unspecified atom stereocenters. The standard InChI is InChI=1S/C12H23N3O4S/c1-7-5-15(6-8(2)19-7)20(16,17)14-11-10(13)9-3-4-18-12(9)11/h7-12,14H,3-6,13H2,1-2H3. The van der Waals surface area contributed by atoms with Gasteiger partial charge in [-0.1, -0.05) is 0 Å². The molecule has 0 radical (unpaired) electrons. The number of morpholine rings is 1. The maximum atomic E-state index is 12.5. The summed E-state index contributed by atoms with van der Waals surface area (Å²) >= 11 is 0.